The summed E-state index contributed by atoms with van der Waals surface area (Å²) in [5.41, 5.74) is 16.1. The van der Waals surface area contributed by atoms with Gasteiger partial charge >= 0.3 is 5.96 Å². The van der Waals surface area contributed by atoms with Crippen LogP contribution in [0.3, 0.4) is 0 Å². The molecule has 1 aromatic heterocycles. The van der Waals surface area contributed by atoms with Gasteiger partial charge in [0.2, 0.25) is 0 Å². The van der Waals surface area contributed by atoms with E-state index in [0.717, 1.165) is 16.5 Å². The Morgan fingerprint density at radius 2 is 2.04 bits per heavy atom. The number of hydrogen-bond donors (Lipinski definition) is 6. The molecule has 0 aliphatic heterocycles. The van der Waals surface area contributed by atoms with Crippen LogP contribution in [0.15, 0.2) is 30.5 Å². The van der Waals surface area contributed by atoms with Crippen LogP contribution in [-0.4, -0.2) is 41.4 Å². The first-order valence-electron chi connectivity index (χ1n) is 8.39. The fraction of sp³-hybridized carbons (Fsp3) is 0.353. The maximum absolute atomic E-state index is 12.2. The summed E-state index contributed by atoms with van der Waals surface area (Å²) in [7, 11) is 0. The highest BCUT2D eigenvalue weighted by Gasteiger charge is 2.22. The van der Waals surface area contributed by atoms with Crippen molar-refractivity contribution in [3.8, 4) is 0 Å². The molecule has 1 amide bonds. The number of carbonyl (C=O) groups excluding carboxylic acids is 2. The van der Waals surface area contributed by atoms with E-state index >= 15 is 0 Å². The number of carboxylic acid groups (broad SMARTS) is 1. The molecule has 0 bridgehead atoms. The summed E-state index contributed by atoms with van der Waals surface area (Å²) < 4.78 is 0. The second-order valence-corrected chi connectivity index (χ2v) is 6.17. The van der Waals surface area contributed by atoms with E-state index in [1.807, 2.05) is 24.3 Å². The molecule has 0 radical (unpaired) electrons. The Morgan fingerprint density at radius 1 is 1.31 bits per heavy atom. The standard InChI is InChI=1S/C17H24N6O3/c18-12(5-3-7-21-17(19)20)15(24)23-14(16(25)26)8-10-9-22-13-6-2-1-4-11(10)13/h1-2,4,6,9,12,14,22H,3,5,7-8,18H2,(H,23,24)(H,25,26)(H4,19,20,21)/p+1/t12-,14-/m0/s1. The average molecular weight is 361 g/mol. The number of aromatic amines is 1. The lowest BCUT2D eigenvalue weighted by Crippen LogP contribution is -2.78. The second kappa shape index (κ2) is 8.86. The number of aliphatic carboxylic acids is 1. The number of carbonyl (C=O) groups is 2. The number of quaternary nitrogens is 1. The minimum Gasteiger partial charge on any atom is -0.548 e. The van der Waals surface area contributed by atoms with Crippen molar-refractivity contribution >= 4 is 28.7 Å². The molecule has 0 fully saturated rings. The largest absolute Gasteiger partial charge is 0.548 e. The highest BCUT2D eigenvalue weighted by atomic mass is 16.4. The summed E-state index contributed by atoms with van der Waals surface area (Å²) in [6.07, 6.45) is 2.97. The number of nitrogens with two attached hydrogens (primary N) is 2. The van der Waals surface area contributed by atoms with Crippen LogP contribution >= 0.6 is 0 Å². The van der Waals surface area contributed by atoms with E-state index in [0.29, 0.717) is 19.4 Å². The molecule has 0 spiro atoms. The van der Waals surface area contributed by atoms with Crippen molar-refractivity contribution < 1.29 is 25.4 Å². The fourth-order valence-corrected chi connectivity index (χ4v) is 2.72. The lowest BCUT2D eigenvalue weighted by atomic mass is 10.0. The third-order valence-corrected chi connectivity index (χ3v) is 4.13. The van der Waals surface area contributed by atoms with Gasteiger partial charge in [-0.15, -0.1) is 0 Å². The van der Waals surface area contributed by atoms with E-state index in [1.54, 1.807) is 6.20 Å². The smallest absolute Gasteiger partial charge is 0.338 e. The quantitative estimate of drug-likeness (QED) is 0.150. The maximum atomic E-state index is 12.2. The van der Waals surface area contributed by atoms with E-state index in [-0.39, 0.29) is 12.4 Å². The summed E-state index contributed by atoms with van der Waals surface area (Å²) >= 11 is 0. The molecular formula is C17H25N6O3+. The minimum atomic E-state index is -1.33. The van der Waals surface area contributed by atoms with Gasteiger partial charge in [0.1, 0.15) is 0 Å². The molecule has 2 atom stereocenters. The molecule has 0 unspecified atom stereocenters. The second-order valence-electron chi connectivity index (χ2n) is 6.17. The van der Waals surface area contributed by atoms with Crippen LogP contribution < -0.4 is 32.6 Å². The molecule has 0 saturated heterocycles. The van der Waals surface area contributed by atoms with Gasteiger partial charge < -0.3 is 25.9 Å². The molecule has 2 rings (SSSR count). The zero-order valence-corrected chi connectivity index (χ0v) is 14.5. The SMILES string of the molecule is NC(N)=[NH+]CCC[C@H]([NH3+])C(=O)N[C@@H](Cc1c[nH]c2ccccc12)C(=O)[O-]. The first kappa shape index (κ1) is 19.3. The number of benzene rings is 1. The molecule has 1 heterocycles. The normalized spacial score (nSPS) is 13.1. The zero-order valence-electron chi connectivity index (χ0n) is 14.5. The highest BCUT2D eigenvalue weighted by molar-refractivity contribution is 5.87. The van der Waals surface area contributed by atoms with Crippen LogP contribution in [-0.2, 0) is 16.0 Å². The number of hydrogen-bond acceptors (Lipinski definition) is 3. The van der Waals surface area contributed by atoms with Gasteiger partial charge in [-0.25, -0.2) is 0 Å². The summed E-state index contributed by atoms with van der Waals surface area (Å²) in [4.78, 5) is 29.5. The van der Waals surface area contributed by atoms with Crippen LogP contribution in [0.1, 0.15) is 18.4 Å². The molecule has 0 aliphatic carbocycles. The van der Waals surface area contributed by atoms with Crippen LogP contribution in [0.5, 0.6) is 0 Å². The highest BCUT2D eigenvalue weighted by Crippen LogP contribution is 2.19. The van der Waals surface area contributed by atoms with Gasteiger partial charge in [-0.3, -0.25) is 21.3 Å². The summed E-state index contributed by atoms with van der Waals surface area (Å²) in [6, 6.07) is 5.85. The molecule has 0 aliphatic rings. The van der Waals surface area contributed by atoms with Gasteiger partial charge in [0.15, 0.2) is 6.04 Å². The number of aromatic nitrogens is 1. The Hall–Kier alpha value is -3.07. The Kier molecular flexibility index (Phi) is 6.56. The number of nitrogens with one attached hydrogen (secondary N) is 3. The van der Waals surface area contributed by atoms with Gasteiger partial charge in [-0.2, -0.15) is 0 Å². The average Bonchev–Trinajstić information content (AvgIpc) is 3.00. The molecule has 0 saturated carbocycles. The van der Waals surface area contributed by atoms with E-state index in [2.05, 4.69) is 21.0 Å². The minimum absolute atomic E-state index is 0.116. The van der Waals surface area contributed by atoms with Gasteiger partial charge in [-0.05, 0) is 18.1 Å². The van der Waals surface area contributed by atoms with E-state index < -0.39 is 24.0 Å². The van der Waals surface area contributed by atoms with Gasteiger partial charge in [0, 0.05) is 29.9 Å². The maximum Gasteiger partial charge on any atom is 0.338 e. The van der Waals surface area contributed by atoms with E-state index in [4.69, 9.17) is 11.5 Å². The fourth-order valence-electron chi connectivity index (χ4n) is 2.72. The van der Waals surface area contributed by atoms with Crippen molar-refractivity contribution in [2.24, 2.45) is 11.5 Å². The van der Waals surface area contributed by atoms with Crippen molar-refractivity contribution in [3.05, 3.63) is 36.0 Å². The Labute approximate surface area is 150 Å². The number of carboxylic acids is 1. The molecule has 9 heteroatoms. The monoisotopic (exact) mass is 361 g/mol. The van der Waals surface area contributed by atoms with Gasteiger partial charge in [0.25, 0.3) is 5.91 Å². The zero-order chi connectivity index (χ0) is 19.1. The molecule has 140 valence electrons. The van der Waals surface area contributed by atoms with Crippen molar-refractivity contribution in [1.82, 2.24) is 10.3 Å². The lowest BCUT2D eigenvalue weighted by molar-refractivity contribution is -0.463. The number of rotatable bonds is 9. The predicted molar refractivity (Wildman–Crippen MR) is 94.1 cm³/mol. The van der Waals surface area contributed by atoms with Crippen molar-refractivity contribution in [1.29, 1.82) is 0 Å². The number of fused-ring (bicyclic) bond motifs is 1. The van der Waals surface area contributed by atoms with Crippen molar-refractivity contribution in [2.75, 3.05) is 6.54 Å². The molecule has 1 aromatic carbocycles. The number of amides is 1. The Bertz CT molecular complexity index is 797. The lowest BCUT2D eigenvalue weighted by Gasteiger charge is -2.20. The molecular weight excluding hydrogens is 336 g/mol. The van der Waals surface area contributed by atoms with E-state index in [9.17, 15) is 14.7 Å². The van der Waals surface area contributed by atoms with Crippen LogP contribution in [0.4, 0.5) is 0 Å². The van der Waals surface area contributed by atoms with Gasteiger partial charge in [-0.1, -0.05) is 18.2 Å². The van der Waals surface area contributed by atoms with Crippen molar-refractivity contribution in [3.63, 3.8) is 0 Å². The van der Waals surface area contributed by atoms with Crippen LogP contribution in [0.2, 0.25) is 0 Å². The van der Waals surface area contributed by atoms with Crippen molar-refractivity contribution in [2.45, 2.75) is 31.3 Å². The molecule has 10 N–H and O–H groups in total. The van der Waals surface area contributed by atoms with Crippen LogP contribution in [0, 0.1) is 0 Å². The summed E-state index contributed by atoms with van der Waals surface area (Å²) in [5.74, 6) is -1.64. The van der Waals surface area contributed by atoms with Gasteiger partial charge in [0.05, 0.1) is 18.6 Å². The Balaban J connectivity index is 1.96. The number of H-pyrrole nitrogens is 1. The number of guanidine groups is 1. The number of para-hydroxylation sites is 1. The third kappa shape index (κ3) is 5.21. The molecule has 2 aromatic rings. The van der Waals surface area contributed by atoms with Crippen LogP contribution in [0.25, 0.3) is 10.9 Å². The third-order valence-electron chi connectivity index (χ3n) is 4.13. The molecule has 9 nitrogen and oxygen atoms in total. The van der Waals surface area contributed by atoms with E-state index in [1.165, 1.54) is 0 Å². The predicted octanol–water partition coefficient (Wildman–Crippen LogP) is -4.31. The summed E-state index contributed by atoms with van der Waals surface area (Å²) in [5, 5.41) is 14.9. The topological polar surface area (TPSA) is 179 Å². The first-order chi connectivity index (χ1) is 12.4. The summed E-state index contributed by atoms with van der Waals surface area (Å²) in [6.45, 7) is 0.515. The Morgan fingerprint density at radius 3 is 2.73 bits per heavy atom. The molecule has 26 heavy (non-hydrogen) atoms. The first-order valence-corrected chi connectivity index (χ1v) is 8.39.